The van der Waals surface area contributed by atoms with Gasteiger partial charge in [0.25, 0.3) is 33.7 Å². The molecule has 2 aliphatic heterocycles. The van der Waals surface area contributed by atoms with E-state index in [1.807, 2.05) is 13.0 Å². The third-order valence-electron chi connectivity index (χ3n) is 11.8. The maximum Gasteiger partial charge on any atom is 0.296 e. The van der Waals surface area contributed by atoms with E-state index in [1.165, 1.54) is 28.0 Å². The van der Waals surface area contributed by atoms with Gasteiger partial charge >= 0.3 is 0 Å². The molecule has 22 heteroatoms. The summed E-state index contributed by atoms with van der Waals surface area (Å²) in [5.74, 6) is -0.805. The van der Waals surface area contributed by atoms with Gasteiger partial charge in [0.2, 0.25) is 13.1 Å². The van der Waals surface area contributed by atoms with Gasteiger partial charge in [-0.05, 0) is 55.5 Å². The number of phenols is 1. The van der Waals surface area contributed by atoms with Gasteiger partial charge < -0.3 is 57.4 Å². The van der Waals surface area contributed by atoms with Crippen LogP contribution in [0.4, 0.5) is 0 Å². The zero-order valence-corrected chi connectivity index (χ0v) is 45.6. The van der Waals surface area contributed by atoms with Crippen molar-refractivity contribution in [2.45, 2.75) is 24.7 Å². The zero-order chi connectivity index (χ0) is 56.8. The van der Waals surface area contributed by atoms with Crippen molar-refractivity contribution in [3.05, 3.63) is 136 Å². The minimum atomic E-state index is -3.66. The van der Waals surface area contributed by atoms with Gasteiger partial charge in [0.1, 0.15) is 11.5 Å². The van der Waals surface area contributed by atoms with Crippen LogP contribution >= 0.6 is 0 Å². The highest BCUT2D eigenvalue weighted by Crippen LogP contribution is 2.36. The van der Waals surface area contributed by atoms with Crippen molar-refractivity contribution in [1.82, 2.24) is 9.80 Å². The first-order valence-electron chi connectivity index (χ1n) is 25.6. The number of aryl methyl sites for hydroxylation is 1. The highest BCUT2D eigenvalue weighted by Gasteiger charge is 2.34. The standard InChI is InChI=1S/C25H30N2O7.C21H25NO7.C11H13NO3S/c1-26-9-4-11-34-22-8-7-21-23-19(22)5-3-6-20(23)24(28)27(25(21)29)10-12-31-15-16-33-18-17-32-14-13-30-2;1-26-9-10-28-13-14-29-12-11-27-8-7-22-20(24)16-4-2-3-15-18(23)6-5-17(19(15)16)21(22)25;1-10-4-6-11(7-5-10)16(13,14)15-9-3-8-12-2/h3,5-8H,4,9-18H2,2H3;2-6,23H,7-14H2,1H3;4-7H,3,8-9H2,1H3. The number of carbonyl (C=O) groups is 4. The minimum Gasteiger partial charge on any atom is -0.507 e. The van der Waals surface area contributed by atoms with Crippen molar-refractivity contribution < 1.29 is 79.5 Å². The third-order valence-corrected chi connectivity index (χ3v) is 13.2. The van der Waals surface area contributed by atoms with E-state index in [0.29, 0.717) is 149 Å². The SMILES string of the molecule is COCCOCCOCCOCCN1C(=O)c2cccc3c(O)ccc(c23)C1=O.[C-]#[N+]CCCOS(=O)(=O)c1ccc(C)cc1.[C-]#[N+]CCCOc1ccc2c3c(cccc13)C(=O)N(CCOCCOCCOCCOC)C2=O. The first kappa shape index (κ1) is 62.9. The van der Waals surface area contributed by atoms with Crippen LogP contribution in [0.5, 0.6) is 11.5 Å². The number of imide groups is 2. The summed E-state index contributed by atoms with van der Waals surface area (Å²) < 4.78 is 76.0. The quantitative estimate of drug-likeness (QED) is 0.0200. The summed E-state index contributed by atoms with van der Waals surface area (Å²) in [6, 6.07) is 23.3. The van der Waals surface area contributed by atoms with Gasteiger partial charge in [-0.1, -0.05) is 42.0 Å². The second-order valence-corrected chi connectivity index (χ2v) is 18.9. The van der Waals surface area contributed by atoms with Crippen molar-refractivity contribution in [2.24, 2.45) is 0 Å². The van der Waals surface area contributed by atoms with E-state index in [2.05, 4.69) is 9.69 Å². The Morgan fingerprint density at radius 2 is 0.886 bits per heavy atom. The van der Waals surface area contributed by atoms with Crippen molar-refractivity contribution in [2.75, 3.05) is 146 Å². The zero-order valence-electron chi connectivity index (χ0n) is 44.8. The fraction of sp³-hybridized carbons (Fsp3) is 0.439. The van der Waals surface area contributed by atoms with Crippen LogP contribution in [-0.4, -0.2) is 193 Å². The van der Waals surface area contributed by atoms with Crippen LogP contribution in [0.1, 0.15) is 59.8 Å². The number of amides is 4. The predicted molar refractivity (Wildman–Crippen MR) is 291 cm³/mol. The van der Waals surface area contributed by atoms with Gasteiger partial charge in [-0.15, -0.1) is 0 Å². The number of hydrogen-bond donors (Lipinski definition) is 1. The Hall–Kier alpha value is -6.93. The minimum absolute atomic E-state index is 0.0482. The number of benzene rings is 5. The van der Waals surface area contributed by atoms with Crippen molar-refractivity contribution >= 4 is 55.3 Å². The van der Waals surface area contributed by atoms with Crippen molar-refractivity contribution in [1.29, 1.82) is 0 Å². The lowest BCUT2D eigenvalue weighted by molar-refractivity contribution is 0.00144. The molecule has 2 heterocycles. The monoisotopic (exact) mass is 1110 g/mol. The number of methoxy groups -OCH3 is 2. The van der Waals surface area contributed by atoms with Crippen LogP contribution in [0, 0.1) is 20.1 Å². The van der Waals surface area contributed by atoms with E-state index in [4.69, 9.17) is 60.0 Å². The molecule has 0 aromatic heterocycles. The van der Waals surface area contributed by atoms with E-state index >= 15 is 0 Å². The highest BCUT2D eigenvalue weighted by molar-refractivity contribution is 7.86. The van der Waals surface area contributed by atoms with Gasteiger partial charge in [0.15, 0.2) is 0 Å². The average molecular weight is 1110 g/mol. The lowest BCUT2D eigenvalue weighted by Gasteiger charge is -2.27. The number of ether oxygens (including phenoxy) is 9. The lowest BCUT2D eigenvalue weighted by Crippen LogP contribution is -2.42. The molecule has 0 aliphatic carbocycles. The van der Waals surface area contributed by atoms with Crippen LogP contribution < -0.4 is 4.74 Å². The molecule has 1 N–H and O–H groups in total. The first-order chi connectivity index (χ1) is 38.4. The molecule has 0 saturated heterocycles. The summed E-state index contributed by atoms with van der Waals surface area (Å²) >= 11 is 0. The summed E-state index contributed by atoms with van der Waals surface area (Å²) in [5, 5.41) is 12.3. The third kappa shape index (κ3) is 18.9. The molecule has 0 atom stereocenters. The molecule has 21 nitrogen and oxygen atoms in total. The van der Waals surface area contributed by atoms with Gasteiger partial charge in [-0.25, -0.2) is 13.1 Å². The largest absolute Gasteiger partial charge is 0.507 e. The second kappa shape index (κ2) is 34.2. The van der Waals surface area contributed by atoms with Crippen LogP contribution in [0.25, 0.3) is 31.2 Å². The Bertz CT molecular complexity index is 2930. The molecular weight excluding hydrogens is 1040 g/mol. The number of carbonyl (C=O) groups excluding carboxylic acids is 4. The van der Waals surface area contributed by atoms with Gasteiger partial charge in [0, 0.05) is 64.4 Å². The number of rotatable bonds is 33. The molecule has 424 valence electrons. The molecule has 2 aliphatic rings. The van der Waals surface area contributed by atoms with Crippen LogP contribution in [-0.2, 0) is 52.2 Å². The fourth-order valence-electron chi connectivity index (χ4n) is 7.87. The summed E-state index contributed by atoms with van der Waals surface area (Å²) in [6.07, 6.45) is 1.04. The highest BCUT2D eigenvalue weighted by atomic mass is 32.2. The smallest absolute Gasteiger partial charge is 0.296 e. The van der Waals surface area contributed by atoms with E-state index in [1.54, 1.807) is 74.9 Å². The van der Waals surface area contributed by atoms with Crippen LogP contribution in [0.15, 0.2) is 89.8 Å². The summed E-state index contributed by atoms with van der Waals surface area (Å²) in [5.41, 5.74) is 2.74. The Balaban J connectivity index is 0.000000232. The molecule has 5 aromatic rings. The second-order valence-electron chi connectivity index (χ2n) is 17.3. The van der Waals surface area contributed by atoms with Gasteiger partial charge in [-0.3, -0.25) is 33.2 Å². The topological polar surface area (TPSA) is 230 Å². The Kier molecular flexibility index (Phi) is 27.2. The van der Waals surface area contributed by atoms with Crippen molar-refractivity contribution in [3.63, 3.8) is 0 Å². The number of nitrogens with zero attached hydrogens (tertiary/aromatic N) is 4. The van der Waals surface area contributed by atoms with Gasteiger partial charge in [0.05, 0.1) is 130 Å². The molecule has 7 rings (SSSR count). The average Bonchev–Trinajstić information content (AvgIpc) is 3.65. The molecule has 0 bridgehead atoms. The van der Waals surface area contributed by atoms with Crippen LogP contribution in [0.2, 0.25) is 0 Å². The summed E-state index contributed by atoms with van der Waals surface area (Å²) in [7, 11) is -0.423. The lowest BCUT2D eigenvalue weighted by atomic mass is 9.93. The Morgan fingerprint density at radius 1 is 0.481 bits per heavy atom. The van der Waals surface area contributed by atoms with E-state index in [-0.39, 0.29) is 73.7 Å². The number of aromatic hydroxyl groups is 1. The molecule has 0 unspecified atom stereocenters. The van der Waals surface area contributed by atoms with Crippen molar-refractivity contribution in [3.8, 4) is 11.5 Å². The number of hydrogen-bond acceptors (Lipinski definition) is 17. The molecule has 0 radical (unpaired) electrons. The molecule has 5 aromatic carbocycles. The predicted octanol–water partition coefficient (Wildman–Crippen LogP) is 6.67. The molecule has 0 spiro atoms. The van der Waals surface area contributed by atoms with Crippen LogP contribution in [0.3, 0.4) is 0 Å². The molecule has 79 heavy (non-hydrogen) atoms. The van der Waals surface area contributed by atoms with E-state index in [0.717, 1.165) is 10.9 Å². The first-order valence-corrected chi connectivity index (χ1v) is 27.0. The fourth-order valence-corrected chi connectivity index (χ4v) is 8.82. The van der Waals surface area contributed by atoms with Gasteiger partial charge in [-0.2, -0.15) is 8.42 Å². The normalized spacial score (nSPS) is 12.7. The maximum atomic E-state index is 13.1. The Labute approximate surface area is 460 Å². The maximum absolute atomic E-state index is 13.1. The summed E-state index contributed by atoms with van der Waals surface area (Å²) in [6.45, 7) is 22.7. The molecule has 4 amide bonds. The molecule has 0 fully saturated rings. The van der Waals surface area contributed by atoms with E-state index in [9.17, 15) is 32.7 Å². The Morgan fingerprint density at radius 3 is 1.35 bits per heavy atom. The molecular formula is C57H68N4O17S. The number of phenolic OH excluding ortho intramolecular Hbond substituents is 1. The molecule has 0 saturated carbocycles. The summed E-state index contributed by atoms with van der Waals surface area (Å²) in [4.78, 5) is 60.6. The van der Waals surface area contributed by atoms with E-state index < -0.39 is 10.1 Å².